The molecular formula is C18H23N3. The highest BCUT2D eigenvalue weighted by Gasteiger charge is 2.16. The molecule has 0 saturated carbocycles. The van der Waals surface area contributed by atoms with Gasteiger partial charge in [-0.2, -0.15) is 0 Å². The van der Waals surface area contributed by atoms with Gasteiger partial charge in [0.1, 0.15) is 0 Å². The van der Waals surface area contributed by atoms with Crippen LogP contribution in [0.25, 0.3) is 0 Å². The van der Waals surface area contributed by atoms with E-state index < -0.39 is 0 Å². The Labute approximate surface area is 127 Å². The molecule has 1 aliphatic rings. The van der Waals surface area contributed by atoms with Crippen molar-refractivity contribution >= 4 is 11.4 Å². The van der Waals surface area contributed by atoms with Gasteiger partial charge in [-0.05, 0) is 57.0 Å². The fourth-order valence-corrected chi connectivity index (χ4v) is 2.92. The molecule has 0 fully saturated rings. The third kappa shape index (κ3) is 2.93. The summed E-state index contributed by atoms with van der Waals surface area (Å²) >= 11 is 0. The Hall–Kier alpha value is -1.87. The Bertz CT molecular complexity index is 592. The first-order chi connectivity index (χ1) is 10.3. The van der Waals surface area contributed by atoms with E-state index in [1.807, 2.05) is 13.2 Å². The molecule has 1 aromatic heterocycles. The van der Waals surface area contributed by atoms with Crippen molar-refractivity contribution in [1.29, 1.82) is 0 Å². The van der Waals surface area contributed by atoms with E-state index >= 15 is 0 Å². The summed E-state index contributed by atoms with van der Waals surface area (Å²) in [4.78, 5) is 7.03. The van der Waals surface area contributed by atoms with Crippen molar-refractivity contribution in [2.75, 3.05) is 18.5 Å². The molecule has 3 rings (SSSR count). The molecule has 110 valence electrons. The van der Waals surface area contributed by atoms with E-state index in [0.717, 1.165) is 12.2 Å². The standard InChI is InChI=1S/C18H23N3/c1-14(19-2)17-11-10-16(13-20-17)21-12-6-5-8-15-7-3-4-9-18(15)21/h3-4,7,9-11,13-14,19H,5-6,8,12H2,1-2H3. The van der Waals surface area contributed by atoms with Crippen LogP contribution in [0.1, 0.15) is 37.1 Å². The number of aromatic nitrogens is 1. The highest BCUT2D eigenvalue weighted by atomic mass is 15.1. The van der Waals surface area contributed by atoms with Crippen molar-refractivity contribution in [3.8, 4) is 0 Å². The second kappa shape index (κ2) is 6.27. The van der Waals surface area contributed by atoms with Gasteiger partial charge in [-0.3, -0.25) is 4.98 Å². The number of anilines is 2. The molecule has 1 atom stereocenters. The Kier molecular flexibility index (Phi) is 4.20. The number of nitrogens with zero attached hydrogens (tertiary/aromatic N) is 2. The first-order valence-electron chi connectivity index (χ1n) is 7.78. The zero-order valence-corrected chi connectivity index (χ0v) is 12.8. The van der Waals surface area contributed by atoms with E-state index in [2.05, 4.69) is 58.5 Å². The maximum atomic E-state index is 4.62. The van der Waals surface area contributed by atoms with Gasteiger partial charge in [0.05, 0.1) is 17.6 Å². The van der Waals surface area contributed by atoms with Crippen LogP contribution in [0.2, 0.25) is 0 Å². The molecule has 0 amide bonds. The van der Waals surface area contributed by atoms with Crippen LogP contribution in [0, 0.1) is 0 Å². The van der Waals surface area contributed by atoms with E-state index in [4.69, 9.17) is 0 Å². The highest BCUT2D eigenvalue weighted by Crippen LogP contribution is 2.32. The predicted molar refractivity (Wildman–Crippen MR) is 88.1 cm³/mol. The van der Waals surface area contributed by atoms with E-state index in [9.17, 15) is 0 Å². The summed E-state index contributed by atoms with van der Waals surface area (Å²) in [6.45, 7) is 3.20. The summed E-state index contributed by atoms with van der Waals surface area (Å²) < 4.78 is 0. The van der Waals surface area contributed by atoms with Crippen molar-refractivity contribution in [1.82, 2.24) is 10.3 Å². The lowest BCUT2D eigenvalue weighted by Crippen LogP contribution is -2.19. The molecule has 3 heteroatoms. The monoisotopic (exact) mass is 281 g/mol. The van der Waals surface area contributed by atoms with E-state index in [1.54, 1.807) is 0 Å². The van der Waals surface area contributed by atoms with Gasteiger partial charge >= 0.3 is 0 Å². The molecule has 0 radical (unpaired) electrons. The average Bonchev–Trinajstić information content (AvgIpc) is 2.77. The van der Waals surface area contributed by atoms with Crippen LogP contribution in [0.4, 0.5) is 11.4 Å². The number of nitrogens with one attached hydrogen (secondary N) is 1. The SMILES string of the molecule is CNC(C)c1ccc(N2CCCCc3ccccc32)cn1. The van der Waals surface area contributed by atoms with Crippen molar-refractivity contribution < 1.29 is 0 Å². The summed E-state index contributed by atoms with van der Waals surface area (Å²) in [6.07, 6.45) is 5.67. The molecular weight excluding hydrogens is 258 g/mol. The van der Waals surface area contributed by atoms with Gasteiger partial charge in [-0.15, -0.1) is 0 Å². The molecule has 2 heterocycles. The van der Waals surface area contributed by atoms with Gasteiger partial charge in [0.15, 0.2) is 0 Å². The number of para-hydroxylation sites is 1. The molecule has 2 aromatic rings. The molecule has 3 nitrogen and oxygen atoms in total. The minimum absolute atomic E-state index is 0.287. The predicted octanol–water partition coefficient (Wildman–Crippen LogP) is 3.84. The average molecular weight is 281 g/mol. The van der Waals surface area contributed by atoms with Gasteiger partial charge in [0, 0.05) is 18.3 Å². The molecule has 1 aromatic carbocycles. The Morgan fingerprint density at radius 3 is 2.76 bits per heavy atom. The second-order valence-electron chi connectivity index (χ2n) is 5.69. The summed E-state index contributed by atoms with van der Waals surface area (Å²) in [6, 6.07) is 13.3. The third-order valence-corrected chi connectivity index (χ3v) is 4.32. The summed E-state index contributed by atoms with van der Waals surface area (Å²) in [7, 11) is 1.96. The van der Waals surface area contributed by atoms with Gasteiger partial charge in [-0.25, -0.2) is 0 Å². The van der Waals surface area contributed by atoms with Gasteiger partial charge in [0.25, 0.3) is 0 Å². The van der Waals surface area contributed by atoms with E-state index in [1.165, 1.54) is 36.2 Å². The second-order valence-corrected chi connectivity index (χ2v) is 5.69. The molecule has 1 unspecified atom stereocenters. The van der Waals surface area contributed by atoms with Crippen molar-refractivity contribution in [2.24, 2.45) is 0 Å². The molecule has 0 bridgehead atoms. The maximum Gasteiger partial charge on any atom is 0.0597 e. The van der Waals surface area contributed by atoms with Crippen LogP contribution in [0.5, 0.6) is 0 Å². The van der Waals surface area contributed by atoms with Gasteiger partial charge < -0.3 is 10.2 Å². The molecule has 0 spiro atoms. The lowest BCUT2D eigenvalue weighted by Gasteiger charge is -2.25. The Morgan fingerprint density at radius 2 is 2.00 bits per heavy atom. The van der Waals surface area contributed by atoms with Crippen LogP contribution >= 0.6 is 0 Å². The topological polar surface area (TPSA) is 28.2 Å². The van der Waals surface area contributed by atoms with Crippen LogP contribution in [-0.2, 0) is 6.42 Å². The van der Waals surface area contributed by atoms with Crippen LogP contribution in [0.3, 0.4) is 0 Å². The lowest BCUT2D eigenvalue weighted by atomic mass is 10.1. The zero-order valence-electron chi connectivity index (χ0n) is 12.8. The number of pyridine rings is 1. The minimum Gasteiger partial charge on any atom is -0.340 e. The van der Waals surface area contributed by atoms with Crippen molar-refractivity contribution in [3.63, 3.8) is 0 Å². The highest BCUT2D eigenvalue weighted by molar-refractivity contribution is 5.66. The largest absolute Gasteiger partial charge is 0.340 e. The fourth-order valence-electron chi connectivity index (χ4n) is 2.92. The lowest BCUT2D eigenvalue weighted by molar-refractivity contribution is 0.633. The summed E-state index contributed by atoms with van der Waals surface area (Å²) in [5, 5.41) is 3.23. The zero-order chi connectivity index (χ0) is 14.7. The minimum atomic E-state index is 0.287. The Morgan fingerprint density at radius 1 is 1.14 bits per heavy atom. The summed E-state index contributed by atoms with van der Waals surface area (Å²) in [5.74, 6) is 0. The number of aryl methyl sites for hydroxylation is 1. The van der Waals surface area contributed by atoms with Crippen LogP contribution in [0.15, 0.2) is 42.6 Å². The van der Waals surface area contributed by atoms with Crippen molar-refractivity contribution in [2.45, 2.75) is 32.2 Å². The number of rotatable bonds is 3. The molecule has 1 aliphatic heterocycles. The number of hydrogen-bond donors (Lipinski definition) is 1. The van der Waals surface area contributed by atoms with E-state index in [0.29, 0.717) is 0 Å². The molecule has 0 saturated heterocycles. The number of benzene rings is 1. The third-order valence-electron chi connectivity index (χ3n) is 4.32. The maximum absolute atomic E-state index is 4.62. The molecule has 21 heavy (non-hydrogen) atoms. The molecule has 0 aliphatic carbocycles. The van der Waals surface area contributed by atoms with Crippen LogP contribution < -0.4 is 10.2 Å². The fraction of sp³-hybridized carbons (Fsp3) is 0.389. The summed E-state index contributed by atoms with van der Waals surface area (Å²) in [5.41, 5.74) is 5.06. The number of hydrogen-bond acceptors (Lipinski definition) is 3. The van der Waals surface area contributed by atoms with Crippen LogP contribution in [-0.4, -0.2) is 18.6 Å². The Balaban J connectivity index is 1.93. The van der Waals surface area contributed by atoms with Crippen molar-refractivity contribution in [3.05, 3.63) is 53.9 Å². The van der Waals surface area contributed by atoms with Gasteiger partial charge in [0.2, 0.25) is 0 Å². The smallest absolute Gasteiger partial charge is 0.0597 e. The molecule has 1 N–H and O–H groups in total. The first kappa shape index (κ1) is 14.1. The number of fused-ring (bicyclic) bond motifs is 1. The quantitative estimate of drug-likeness (QED) is 0.926. The van der Waals surface area contributed by atoms with E-state index in [-0.39, 0.29) is 6.04 Å². The first-order valence-corrected chi connectivity index (χ1v) is 7.78. The normalized spacial score (nSPS) is 16.2. The van der Waals surface area contributed by atoms with Gasteiger partial charge in [-0.1, -0.05) is 18.2 Å².